The highest BCUT2D eigenvalue weighted by atomic mass is 16.1. The Balaban J connectivity index is 3.01. The highest BCUT2D eigenvalue weighted by Crippen LogP contribution is 1.78. The number of carbonyl (C=O) groups excluding carboxylic acids is 2. The lowest BCUT2D eigenvalue weighted by atomic mass is 10.3. The van der Waals surface area contributed by atoms with E-state index in [4.69, 9.17) is 0 Å². The van der Waals surface area contributed by atoms with Crippen LogP contribution in [0.4, 0.5) is 0 Å². The zero-order chi connectivity index (χ0) is 9.40. The van der Waals surface area contributed by atoms with Gasteiger partial charge in [0, 0.05) is 25.9 Å². The first-order valence-corrected chi connectivity index (χ1v) is 4.07. The third-order valence-corrected chi connectivity index (χ3v) is 1.33. The Kier molecular flexibility index (Phi) is 6.51. The molecule has 0 heterocycles. The molecule has 4 nitrogen and oxygen atoms in total. The largest absolute Gasteiger partial charge is 0.300 e. The summed E-state index contributed by atoms with van der Waals surface area (Å²) in [5, 5.41) is 0. The lowest BCUT2D eigenvalue weighted by Crippen LogP contribution is -2.34. The lowest BCUT2D eigenvalue weighted by molar-refractivity contribution is -0.118. The van der Waals surface area contributed by atoms with Gasteiger partial charge < -0.3 is 0 Å². The monoisotopic (exact) mass is 172 g/mol. The van der Waals surface area contributed by atoms with Crippen molar-refractivity contribution in [3.63, 3.8) is 0 Å². The Morgan fingerprint density at radius 2 is 1.25 bits per heavy atom. The van der Waals surface area contributed by atoms with Crippen molar-refractivity contribution in [2.45, 2.75) is 26.7 Å². The molecule has 0 saturated heterocycles. The second-order valence-electron chi connectivity index (χ2n) is 2.76. The van der Waals surface area contributed by atoms with Crippen LogP contribution in [0, 0.1) is 0 Å². The molecule has 0 unspecified atom stereocenters. The number of ketones is 2. The van der Waals surface area contributed by atoms with Gasteiger partial charge in [-0.3, -0.25) is 20.4 Å². The molecule has 70 valence electrons. The SMILES string of the molecule is CC(=O)CCNNCCC(C)=O. The van der Waals surface area contributed by atoms with Crippen LogP contribution in [0.25, 0.3) is 0 Å². The summed E-state index contributed by atoms with van der Waals surface area (Å²) >= 11 is 0. The molecule has 0 aliphatic carbocycles. The Morgan fingerprint density at radius 1 is 0.917 bits per heavy atom. The van der Waals surface area contributed by atoms with Gasteiger partial charge in [0.2, 0.25) is 0 Å². The fourth-order valence-electron chi connectivity index (χ4n) is 0.654. The molecule has 0 saturated carbocycles. The zero-order valence-corrected chi connectivity index (χ0v) is 7.64. The normalized spacial score (nSPS) is 9.83. The Bertz CT molecular complexity index is 139. The molecule has 0 aromatic rings. The maximum Gasteiger partial charge on any atom is 0.131 e. The van der Waals surface area contributed by atoms with Crippen molar-refractivity contribution >= 4 is 11.6 Å². The third-order valence-electron chi connectivity index (χ3n) is 1.33. The lowest BCUT2D eigenvalue weighted by Gasteiger charge is -2.03. The molecule has 0 fully saturated rings. The molecule has 0 aromatic carbocycles. The van der Waals surface area contributed by atoms with Gasteiger partial charge in [-0.05, 0) is 13.8 Å². The molecule has 0 spiro atoms. The molecular formula is C8H16N2O2. The van der Waals surface area contributed by atoms with E-state index in [1.165, 1.54) is 0 Å². The predicted molar refractivity (Wildman–Crippen MR) is 46.6 cm³/mol. The minimum atomic E-state index is 0.163. The summed E-state index contributed by atoms with van der Waals surface area (Å²) in [5.41, 5.74) is 5.70. The van der Waals surface area contributed by atoms with Crippen molar-refractivity contribution in [3.05, 3.63) is 0 Å². The van der Waals surface area contributed by atoms with Gasteiger partial charge in [-0.2, -0.15) is 0 Å². The average Bonchev–Trinajstić information content (AvgIpc) is 1.95. The van der Waals surface area contributed by atoms with E-state index < -0.39 is 0 Å². The van der Waals surface area contributed by atoms with Crippen LogP contribution in [0.15, 0.2) is 0 Å². The fraction of sp³-hybridized carbons (Fsp3) is 0.750. The van der Waals surface area contributed by atoms with E-state index in [-0.39, 0.29) is 11.6 Å². The molecular weight excluding hydrogens is 156 g/mol. The molecule has 2 N–H and O–H groups in total. The van der Waals surface area contributed by atoms with E-state index in [1.807, 2.05) is 0 Å². The summed E-state index contributed by atoms with van der Waals surface area (Å²) in [5.74, 6) is 0.326. The number of hydrogen-bond donors (Lipinski definition) is 2. The number of Topliss-reactive ketones (excluding diaryl/α,β-unsaturated/α-hetero) is 2. The molecule has 0 amide bonds. The van der Waals surface area contributed by atoms with Gasteiger partial charge in [0.05, 0.1) is 0 Å². The summed E-state index contributed by atoms with van der Waals surface area (Å²) in [4.78, 5) is 20.9. The first-order chi connectivity index (χ1) is 5.63. The molecule has 4 heteroatoms. The fourth-order valence-corrected chi connectivity index (χ4v) is 0.654. The third kappa shape index (κ3) is 9.26. The second-order valence-corrected chi connectivity index (χ2v) is 2.76. The van der Waals surface area contributed by atoms with Gasteiger partial charge in [-0.25, -0.2) is 0 Å². The molecule has 0 atom stereocenters. The number of nitrogens with one attached hydrogen (secondary N) is 2. The Hall–Kier alpha value is -0.740. The minimum Gasteiger partial charge on any atom is -0.300 e. The maximum absolute atomic E-state index is 10.5. The minimum absolute atomic E-state index is 0.163. The average molecular weight is 172 g/mol. The van der Waals surface area contributed by atoms with Gasteiger partial charge in [0.15, 0.2) is 0 Å². The van der Waals surface area contributed by atoms with Crippen LogP contribution in [0.3, 0.4) is 0 Å². The van der Waals surface area contributed by atoms with Gasteiger partial charge >= 0.3 is 0 Å². The second kappa shape index (κ2) is 6.94. The van der Waals surface area contributed by atoms with Crippen LogP contribution in [0.5, 0.6) is 0 Å². The van der Waals surface area contributed by atoms with E-state index >= 15 is 0 Å². The van der Waals surface area contributed by atoms with E-state index in [9.17, 15) is 9.59 Å². The van der Waals surface area contributed by atoms with Crippen molar-refractivity contribution in [3.8, 4) is 0 Å². The summed E-state index contributed by atoms with van der Waals surface area (Å²) in [6.07, 6.45) is 1.04. The van der Waals surface area contributed by atoms with Crippen molar-refractivity contribution < 1.29 is 9.59 Å². The van der Waals surface area contributed by atoms with Crippen LogP contribution in [0.2, 0.25) is 0 Å². The predicted octanol–water partition coefficient (Wildman–Crippen LogP) is 0.0388. The summed E-state index contributed by atoms with van der Waals surface area (Å²) in [6, 6.07) is 0. The van der Waals surface area contributed by atoms with Crippen molar-refractivity contribution in [2.24, 2.45) is 0 Å². The van der Waals surface area contributed by atoms with Crippen LogP contribution < -0.4 is 10.9 Å². The molecule has 0 aliphatic heterocycles. The van der Waals surface area contributed by atoms with E-state index in [0.717, 1.165) is 0 Å². The summed E-state index contributed by atoms with van der Waals surface area (Å²) < 4.78 is 0. The molecule has 0 aliphatic rings. The summed E-state index contributed by atoms with van der Waals surface area (Å²) in [6.45, 7) is 4.34. The molecule has 0 aromatic heterocycles. The van der Waals surface area contributed by atoms with Crippen LogP contribution in [-0.4, -0.2) is 24.7 Å². The molecule has 0 rings (SSSR count). The highest BCUT2D eigenvalue weighted by molar-refractivity contribution is 5.75. The van der Waals surface area contributed by atoms with Gasteiger partial charge in [0.1, 0.15) is 11.6 Å². The van der Waals surface area contributed by atoms with Crippen molar-refractivity contribution in [1.82, 2.24) is 10.9 Å². The van der Waals surface area contributed by atoms with Gasteiger partial charge in [0.25, 0.3) is 0 Å². The van der Waals surface area contributed by atoms with E-state index in [1.54, 1.807) is 13.8 Å². The zero-order valence-electron chi connectivity index (χ0n) is 7.64. The van der Waals surface area contributed by atoms with Crippen LogP contribution >= 0.6 is 0 Å². The standard InChI is InChI=1S/C8H16N2O2/c1-7(11)3-5-9-10-6-4-8(2)12/h9-10H,3-6H2,1-2H3. The van der Waals surface area contributed by atoms with E-state index in [2.05, 4.69) is 10.9 Å². The maximum atomic E-state index is 10.5. The van der Waals surface area contributed by atoms with Crippen LogP contribution in [0.1, 0.15) is 26.7 Å². The molecule has 12 heavy (non-hydrogen) atoms. The van der Waals surface area contributed by atoms with E-state index in [0.29, 0.717) is 25.9 Å². The smallest absolute Gasteiger partial charge is 0.131 e. The Labute approximate surface area is 72.7 Å². The number of hydrogen-bond acceptors (Lipinski definition) is 4. The van der Waals surface area contributed by atoms with Gasteiger partial charge in [-0.1, -0.05) is 0 Å². The Morgan fingerprint density at radius 3 is 1.50 bits per heavy atom. The van der Waals surface area contributed by atoms with Crippen LogP contribution in [-0.2, 0) is 9.59 Å². The van der Waals surface area contributed by atoms with Gasteiger partial charge in [-0.15, -0.1) is 0 Å². The number of rotatable bonds is 7. The van der Waals surface area contributed by atoms with Crippen molar-refractivity contribution in [2.75, 3.05) is 13.1 Å². The first kappa shape index (κ1) is 11.3. The topological polar surface area (TPSA) is 58.2 Å². The number of hydrazine groups is 1. The highest BCUT2D eigenvalue weighted by Gasteiger charge is 1.93. The van der Waals surface area contributed by atoms with Crippen molar-refractivity contribution in [1.29, 1.82) is 0 Å². The summed E-state index contributed by atoms with van der Waals surface area (Å²) in [7, 11) is 0. The first-order valence-electron chi connectivity index (χ1n) is 4.07. The quantitative estimate of drug-likeness (QED) is 0.420. The molecule has 0 radical (unpaired) electrons. The number of carbonyl (C=O) groups is 2. The molecule has 0 bridgehead atoms.